The Labute approximate surface area is 175 Å². The molecule has 0 aliphatic carbocycles. The molecular formula is C24H25BrN2O. The third-order valence-electron chi connectivity index (χ3n) is 5.30. The summed E-state index contributed by atoms with van der Waals surface area (Å²) in [6.45, 7) is 3.02. The van der Waals surface area contributed by atoms with Gasteiger partial charge in [-0.1, -0.05) is 66.7 Å². The zero-order chi connectivity index (χ0) is 19.2. The van der Waals surface area contributed by atoms with Crippen molar-refractivity contribution < 1.29 is 4.74 Å². The Balaban J connectivity index is 1.40. The van der Waals surface area contributed by atoms with E-state index in [0.29, 0.717) is 0 Å². The second-order valence-corrected chi connectivity index (χ2v) is 8.02. The molecule has 1 aromatic heterocycles. The van der Waals surface area contributed by atoms with Gasteiger partial charge in [0.2, 0.25) is 0 Å². The zero-order valence-electron chi connectivity index (χ0n) is 15.9. The molecule has 0 unspecified atom stereocenters. The molecule has 0 radical (unpaired) electrons. The van der Waals surface area contributed by atoms with Gasteiger partial charge in [0.05, 0.1) is 6.10 Å². The smallest absolute Gasteiger partial charge is 0.110 e. The summed E-state index contributed by atoms with van der Waals surface area (Å²) in [5, 5.41) is 0. The van der Waals surface area contributed by atoms with Crippen LogP contribution in [0.2, 0.25) is 0 Å². The van der Waals surface area contributed by atoms with E-state index in [2.05, 4.69) is 92.5 Å². The van der Waals surface area contributed by atoms with E-state index in [9.17, 15) is 0 Å². The number of ether oxygens (including phenoxy) is 1. The molecule has 0 amide bonds. The lowest BCUT2D eigenvalue weighted by Crippen LogP contribution is -2.37. The van der Waals surface area contributed by atoms with Crippen LogP contribution in [0, 0.1) is 0 Å². The van der Waals surface area contributed by atoms with Crippen LogP contribution in [-0.4, -0.2) is 29.1 Å². The Morgan fingerprint density at radius 2 is 1.50 bits per heavy atom. The van der Waals surface area contributed by atoms with Crippen LogP contribution in [0.15, 0.2) is 83.6 Å². The van der Waals surface area contributed by atoms with Crippen LogP contribution >= 0.6 is 15.9 Å². The molecule has 4 heteroatoms. The zero-order valence-corrected chi connectivity index (χ0v) is 17.5. The lowest BCUT2D eigenvalue weighted by Gasteiger charge is -2.34. The first kappa shape index (κ1) is 19.3. The predicted molar refractivity (Wildman–Crippen MR) is 116 cm³/mol. The van der Waals surface area contributed by atoms with Crippen LogP contribution in [0.3, 0.4) is 0 Å². The number of nitrogens with zero attached hydrogens (tertiary/aromatic N) is 2. The van der Waals surface area contributed by atoms with Crippen LogP contribution in [0.25, 0.3) is 0 Å². The van der Waals surface area contributed by atoms with Crippen molar-refractivity contribution in [2.45, 2.75) is 31.6 Å². The first-order chi connectivity index (χ1) is 13.8. The largest absolute Gasteiger partial charge is 0.365 e. The van der Waals surface area contributed by atoms with Gasteiger partial charge in [-0.15, -0.1) is 0 Å². The van der Waals surface area contributed by atoms with Gasteiger partial charge in [0, 0.05) is 25.8 Å². The number of rotatable bonds is 6. The summed E-state index contributed by atoms with van der Waals surface area (Å²) in [4.78, 5) is 6.82. The fourth-order valence-electron chi connectivity index (χ4n) is 3.78. The summed E-state index contributed by atoms with van der Waals surface area (Å²) in [6.07, 6.45) is 4.19. The molecule has 0 saturated carbocycles. The Morgan fingerprint density at radius 1 is 0.893 bits per heavy atom. The molecule has 1 aliphatic heterocycles. The Kier molecular flexibility index (Phi) is 6.53. The molecule has 28 heavy (non-hydrogen) atoms. The molecule has 0 spiro atoms. The van der Waals surface area contributed by atoms with E-state index in [1.54, 1.807) is 0 Å². The van der Waals surface area contributed by atoms with E-state index >= 15 is 0 Å². The van der Waals surface area contributed by atoms with Gasteiger partial charge in [-0.3, -0.25) is 4.90 Å². The van der Waals surface area contributed by atoms with Gasteiger partial charge in [0.25, 0.3) is 0 Å². The molecule has 0 atom stereocenters. The van der Waals surface area contributed by atoms with Crippen LogP contribution in [-0.2, 0) is 11.3 Å². The highest BCUT2D eigenvalue weighted by Crippen LogP contribution is 2.30. The number of halogens is 1. The minimum Gasteiger partial charge on any atom is -0.365 e. The quantitative estimate of drug-likeness (QED) is 0.469. The highest BCUT2D eigenvalue weighted by atomic mass is 79.9. The fourth-order valence-corrected chi connectivity index (χ4v) is 4.16. The topological polar surface area (TPSA) is 25.4 Å². The minimum absolute atomic E-state index is 0.00795. The molecule has 3 nitrogen and oxygen atoms in total. The number of aromatic nitrogens is 1. The predicted octanol–water partition coefficient (Wildman–Crippen LogP) is 5.61. The van der Waals surface area contributed by atoms with Crippen molar-refractivity contribution >= 4 is 15.9 Å². The summed E-state index contributed by atoms with van der Waals surface area (Å²) in [7, 11) is 0. The molecule has 1 aliphatic rings. The maximum absolute atomic E-state index is 6.64. The summed E-state index contributed by atoms with van der Waals surface area (Å²) in [6, 6.07) is 25.2. The maximum Gasteiger partial charge on any atom is 0.110 e. The molecule has 2 aromatic carbocycles. The SMILES string of the molecule is Brc1ncccc1CN1CCC(OC(c2ccccc2)c2ccccc2)CC1. The normalized spacial score (nSPS) is 15.8. The Morgan fingerprint density at radius 3 is 2.07 bits per heavy atom. The molecule has 3 aromatic rings. The van der Waals surface area contributed by atoms with Gasteiger partial charge in [-0.05, 0) is 51.5 Å². The average molecular weight is 437 g/mol. The van der Waals surface area contributed by atoms with Crippen molar-refractivity contribution in [1.29, 1.82) is 0 Å². The highest BCUT2D eigenvalue weighted by Gasteiger charge is 2.25. The number of piperidine rings is 1. The third-order valence-corrected chi connectivity index (χ3v) is 6.01. The van der Waals surface area contributed by atoms with Crippen LogP contribution in [0.5, 0.6) is 0 Å². The van der Waals surface area contributed by atoms with Crippen molar-refractivity contribution in [3.8, 4) is 0 Å². The average Bonchev–Trinajstić information content (AvgIpc) is 2.76. The second-order valence-electron chi connectivity index (χ2n) is 7.27. The molecule has 2 heterocycles. The minimum atomic E-state index is -0.00795. The lowest BCUT2D eigenvalue weighted by molar-refractivity contribution is -0.0281. The summed E-state index contributed by atoms with van der Waals surface area (Å²) < 4.78 is 7.58. The van der Waals surface area contributed by atoms with Crippen LogP contribution in [0.1, 0.15) is 35.6 Å². The summed E-state index contributed by atoms with van der Waals surface area (Å²) >= 11 is 3.56. The lowest BCUT2D eigenvalue weighted by atomic mass is 10.00. The van der Waals surface area contributed by atoms with Crippen molar-refractivity contribution in [3.63, 3.8) is 0 Å². The summed E-state index contributed by atoms with van der Waals surface area (Å²) in [5.74, 6) is 0. The van der Waals surface area contributed by atoms with Gasteiger partial charge >= 0.3 is 0 Å². The van der Waals surface area contributed by atoms with Gasteiger partial charge < -0.3 is 4.74 Å². The third kappa shape index (κ3) is 4.88. The second kappa shape index (κ2) is 9.46. The molecule has 144 valence electrons. The van der Waals surface area contributed by atoms with E-state index in [0.717, 1.165) is 37.1 Å². The molecular weight excluding hydrogens is 412 g/mol. The van der Waals surface area contributed by atoms with E-state index in [-0.39, 0.29) is 12.2 Å². The van der Waals surface area contributed by atoms with Crippen LogP contribution in [0.4, 0.5) is 0 Å². The molecule has 0 N–H and O–H groups in total. The first-order valence-corrected chi connectivity index (χ1v) is 10.7. The van der Waals surface area contributed by atoms with Crippen molar-refractivity contribution in [3.05, 3.63) is 100 Å². The Hall–Kier alpha value is -2.01. The Bertz CT molecular complexity index is 825. The fraction of sp³-hybridized carbons (Fsp3) is 0.292. The highest BCUT2D eigenvalue weighted by molar-refractivity contribution is 9.10. The van der Waals surface area contributed by atoms with Crippen molar-refractivity contribution in [2.75, 3.05) is 13.1 Å². The van der Waals surface area contributed by atoms with E-state index < -0.39 is 0 Å². The van der Waals surface area contributed by atoms with Crippen molar-refractivity contribution in [2.24, 2.45) is 0 Å². The van der Waals surface area contributed by atoms with E-state index in [1.165, 1.54) is 16.7 Å². The van der Waals surface area contributed by atoms with Gasteiger partial charge in [0.15, 0.2) is 0 Å². The number of hydrogen-bond donors (Lipinski definition) is 0. The molecule has 1 saturated heterocycles. The van der Waals surface area contributed by atoms with Gasteiger partial charge in [-0.25, -0.2) is 4.98 Å². The molecule has 0 bridgehead atoms. The van der Waals surface area contributed by atoms with Gasteiger partial charge in [0.1, 0.15) is 10.7 Å². The van der Waals surface area contributed by atoms with Crippen molar-refractivity contribution in [1.82, 2.24) is 9.88 Å². The summed E-state index contributed by atoms with van der Waals surface area (Å²) in [5.41, 5.74) is 3.68. The monoisotopic (exact) mass is 436 g/mol. The standard InChI is InChI=1S/C24H25BrN2O/c25-24-21(12-7-15-26-24)18-27-16-13-22(14-17-27)28-23(19-8-3-1-4-9-19)20-10-5-2-6-11-20/h1-12,15,22-23H,13-14,16-18H2. The molecule has 1 fully saturated rings. The number of benzene rings is 2. The number of pyridine rings is 1. The first-order valence-electron chi connectivity index (χ1n) is 9.86. The van der Waals surface area contributed by atoms with Crippen LogP contribution < -0.4 is 0 Å². The molecule has 4 rings (SSSR count). The number of hydrogen-bond acceptors (Lipinski definition) is 3. The van der Waals surface area contributed by atoms with E-state index in [4.69, 9.17) is 4.74 Å². The van der Waals surface area contributed by atoms with E-state index in [1.807, 2.05) is 12.3 Å². The van der Waals surface area contributed by atoms with Gasteiger partial charge in [-0.2, -0.15) is 0 Å². The maximum atomic E-state index is 6.64. The number of likely N-dealkylation sites (tertiary alicyclic amines) is 1.